The van der Waals surface area contributed by atoms with Crippen LogP contribution in [0, 0.1) is 0 Å². The van der Waals surface area contributed by atoms with Crippen LogP contribution in [0.15, 0.2) is 12.1 Å². The van der Waals surface area contributed by atoms with Gasteiger partial charge in [0, 0.05) is 23.2 Å². The van der Waals surface area contributed by atoms with E-state index < -0.39 is 51.1 Å². The molecule has 1 aromatic rings. The lowest BCUT2D eigenvalue weighted by Crippen LogP contribution is -2.52. The van der Waals surface area contributed by atoms with Crippen LogP contribution < -0.4 is 22.1 Å². The van der Waals surface area contributed by atoms with Gasteiger partial charge < -0.3 is 15.6 Å². The zero-order chi connectivity index (χ0) is 20.7. The normalized spacial score (nSPS) is 27.7. The van der Waals surface area contributed by atoms with Gasteiger partial charge in [-0.1, -0.05) is 11.6 Å². The van der Waals surface area contributed by atoms with E-state index in [2.05, 4.69) is 16.4 Å². The smallest absolute Gasteiger partial charge is 0.450 e. The molecule has 6 N–H and O–H groups in total. The first kappa shape index (κ1) is 20.6. The van der Waals surface area contributed by atoms with Gasteiger partial charge in [-0.05, 0) is 37.8 Å². The van der Waals surface area contributed by atoms with Crippen molar-refractivity contribution >= 4 is 23.7 Å². The average molecular weight is 423 g/mol. The number of primary amides is 1. The number of ether oxygens (including phenoxy) is 1. The van der Waals surface area contributed by atoms with Crippen molar-refractivity contribution in [3.05, 3.63) is 33.8 Å². The fourth-order valence-electron chi connectivity index (χ4n) is 3.97. The average Bonchev–Trinajstić information content (AvgIpc) is 3.04. The number of halogens is 4. The fraction of sp³-hybridized carbons (Fsp3) is 0.500. The van der Waals surface area contributed by atoms with Gasteiger partial charge in [0.1, 0.15) is 5.60 Å². The van der Waals surface area contributed by atoms with Gasteiger partial charge in [0.2, 0.25) is 5.91 Å². The fourth-order valence-corrected chi connectivity index (χ4v) is 4.24. The third-order valence-electron chi connectivity index (χ3n) is 5.30. The summed E-state index contributed by atoms with van der Waals surface area (Å²) in [6, 6.07) is 1.97. The number of carbonyl (C=O) groups excluding carboxylic acids is 1. The summed E-state index contributed by atoms with van der Waals surface area (Å²) in [5.74, 6) is -1.13. The number of amides is 1. The van der Waals surface area contributed by atoms with Crippen molar-refractivity contribution in [3.63, 3.8) is 0 Å². The lowest BCUT2D eigenvalue weighted by molar-refractivity contribution is -0.142. The molecule has 1 heterocycles. The van der Waals surface area contributed by atoms with Gasteiger partial charge in [-0.3, -0.25) is 4.79 Å². The van der Waals surface area contributed by atoms with Crippen LogP contribution in [-0.2, 0) is 16.5 Å². The maximum Gasteiger partial charge on any atom is 0.506 e. The zero-order valence-corrected chi connectivity index (χ0v) is 15.2. The van der Waals surface area contributed by atoms with Crippen molar-refractivity contribution in [2.75, 3.05) is 6.54 Å². The van der Waals surface area contributed by atoms with E-state index in [9.17, 15) is 27.9 Å². The molecule has 8 nitrogen and oxygen atoms in total. The SMILES string of the molecule is NC(=O)c1ccc(Cl)c(C(F)(F)F)c1C1(OC(=O)O)CCC2(CC1)CNNN2. The third kappa shape index (κ3) is 3.62. The number of benzene rings is 1. The summed E-state index contributed by atoms with van der Waals surface area (Å²) in [4.78, 5) is 23.3. The van der Waals surface area contributed by atoms with Crippen LogP contribution in [0.25, 0.3) is 0 Å². The zero-order valence-electron chi connectivity index (χ0n) is 14.5. The van der Waals surface area contributed by atoms with E-state index in [-0.39, 0.29) is 25.7 Å². The quantitative estimate of drug-likeness (QED) is 0.473. The predicted octanol–water partition coefficient (Wildman–Crippen LogP) is 2.27. The van der Waals surface area contributed by atoms with E-state index in [1.807, 2.05) is 0 Å². The Kier molecular flexibility index (Phi) is 5.21. The van der Waals surface area contributed by atoms with Crippen molar-refractivity contribution in [2.45, 2.75) is 43.0 Å². The summed E-state index contributed by atoms with van der Waals surface area (Å²) in [5, 5.41) is 8.59. The lowest BCUT2D eigenvalue weighted by atomic mass is 9.69. The Morgan fingerprint density at radius 1 is 1.21 bits per heavy atom. The second kappa shape index (κ2) is 7.07. The second-order valence-electron chi connectivity index (χ2n) is 6.95. The van der Waals surface area contributed by atoms with Crippen LogP contribution in [0.1, 0.15) is 47.2 Å². The van der Waals surface area contributed by atoms with Crippen molar-refractivity contribution < 1.29 is 32.6 Å². The van der Waals surface area contributed by atoms with E-state index >= 15 is 0 Å². The van der Waals surface area contributed by atoms with Crippen LogP contribution in [0.4, 0.5) is 18.0 Å². The highest BCUT2D eigenvalue weighted by atomic mass is 35.5. The van der Waals surface area contributed by atoms with Gasteiger partial charge in [-0.15, -0.1) is 0 Å². The van der Waals surface area contributed by atoms with Gasteiger partial charge in [0.15, 0.2) is 0 Å². The van der Waals surface area contributed by atoms with Crippen molar-refractivity contribution in [3.8, 4) is 0 Å². The number of alkyl halides is 3. The first-order chi connectivity index (χ1) is 13.0. The van der Waals surface area contributed by atoms with Crippen molar-refractivity contribution in [1.29, 1.82) is 0 Å². The Balaban J connectivity index is 2.19. The number of nitrogens with two attached hydrogens (primary N) is 1. The third-order valence-corrected chi connectivity index (χ3v) is 5.61. The molecule has 12 heteroatoms. The number of nitrogens with one attached hydrogen (secondary N) is 3. The Morgan fingerprint density at radius 2 is 1.86 bits per heavy atom. The molecule has 3 rings (SSSR count). The van der Waals surface area contributed by atoms with Gasteiger partial charge in [-0.25, -0.2) is 15.6 Å². The molecule has 0 unspecified atom stereocenters. The molecular weight excluding hydrogens is 405 g/mol. The Hall–Kier alpha value is -2.08. The van der Waals surface area contributed by atoms with E-state index in [4.69, 9.17) is 22.1 Å². The van der Waals surface area contributed by atoms with Crippen LogP contribution >= 0.6 is 11.6 Å². The Labute approximate surface area is 162 Å². The molecule has 154 valence electrons. The molecule has 1 aromatic carbocycles. The highest BCUT2D eigenvalue weighted by Gasteiger charge is 2.53. The molecule has 2 aliphatic rings. The highest BCUT2D eigenvalue weighted by Crippen LogP contribution is 2.51. The van der Waals surface area contributed by atoms with Crippen LogP contribution in [-0.4, -0.2) is 29.3 Å². The molecule has 1 amide bonds. The largest absolute Gasteiger partial charge is 0.506 e. The number of rotatable bonds is 3. The second-order valence-corrected chi connectivity index (χ2v) is 7.36. The summed E-state index contributed by atoms with van der Waals surface area (Å²) < 4.78 is 46.5. The Morgan fingerprint density at radius 3 is 2.32 bits per heavy atom. The highest BCUT2D eigenvalue weighted by molar-refractivity contribution is 6.31. The summed E-state index contributed by atoms with van der Waals surface area (Å²) in [5.41, 5.74) is 9.12. The number of carbonyl (C=O) groups is 2. The van der Waals surface area contributed by atoms with Gasteiger partial charge in [0.25, 0.3) is 0 Å². The van der Waals surface area contributed by atoms with E-state index in [0.29, 0.717) is 6.54 Å². The molecule has 1 aliphatic heterocycles. The molecule has 1 aliphatic carbocycles. The van der Waals surface area contributed by atoms with Crippen molar-refractivity contribution in [1.82, 2.24) is 16.4 Å². The summed E-state index contributed by atoms with van der Waals surface area (Å²) in [7, 11) is 0. The van der Waals surface area contributed by atoms with Gasteiger partial charge in [0.05, 0.1) is 10.6 Å². The molecule has 28 heavy (non-hydrogen) atoms. The minimum Gasteiger partial charge on any atom is -0.450 e. The number of hydrogen-bond acceptors (Lipinski definition) is 6. The number of hydrogen-bond donors (Lipinski definition) is 5. The summed E-state index contributed by atoms with van der Waals surface area (Å²) in [6.45, 7) is 0.487. The molecule has 1 spiro atoms. The van der Waals surface area contributed by atoms with Gasteiger partial charge in [-0.2, -0.15) is 18.7 Å². The van der Waals surface area contributed by atoms with Crippen molar-refractivity contribution in [2.24, 2.45) is 5.73 Å². The van der Waals surface area contributed by atoms with Crippen LogP contribution in [0.3, 0.4) is 0 Å². The summed E-state index contributed by atoms with van der Waals surface area (Å²) >= 11 is 5.82. The molecule has 0 aromatic heterocycles. The monoisotopic (exact) mass is 422 g/mol. The van der Waals surface area contributed by atoms with E-state index in [1.165, 1.54) is 0 Å². The minimum atomic E-state index is -4.95. The molecule has 1 saturated carbocycles. The number of carboxylic acid groups (broad SMARTS) is 1. The molecule has 0 radical (unpaired) electrons. The molecular formula is C16H18ClF3N4O4. The first-order valence-electron chi connectivity index (χ1n) is 8.37. The van der Waals surface area contributed by atoms with Gasteiger partial charge >= 0.3 is 12.3 Å². The summed E-state index contributed by atoms with van der Waals surface area (Å²) in [6.07, 6.45) is -6.34. The molecule has 0 atom stereocenters. The predicted molar refractivity (Wildman–Crippen MR) is 91.2 cm³/mol. The lowest BCUT2D eigenvalue weighted by Gasteiger charge is -2.44. The van der Waals surface area contributed by atoms with E-state index in [1.54, 1.807) is 0 Å². The Bertz CT molecular complexity index is 802. The van der Waals surface area contributed by atoms with E-state index in [0.717, 1.165) is 12.1 Å². The molecule has 0 bridgehead atoms. The topological polar surface area (TPSA) is 126 Å². The minimum absolute atomic E-state index is 0.0979. The maximum absolute atomic E-state index is 13.8. The first-order valence-corrected chi connectivity index (χ1v) is 8.74. The standard InChI is InChI=1S/C16H18ClF3N4O4/c17-9-2-1-8(12(21)25)10(11(9)16(18,19)20)15(28-13(26)27)5-3-14(4-6-15)7-22-24-23-14/h1-2,22-24H,3-7H2,(H2,21,25)(H,26,27). The maximum atomic E-state index is 13.8. The molecule has 1 saturated heterocycles. The number of hydrazine groups is 2. The van der Waals surface area contributed by atoms with Crippen LogP contribution in [0.5, 0.6) is 0 Å². The molecule has 2 fully saturated rings. The van der Waals surface area contributed by atoms with Crippen LogP contribution in [0.2, 0.25) is 5.02 Å².